The maximum atomic E-state index is 13.1. The van der Waals surface area contributed by atoms with Crippen LogP contribution in [0.4, 0.5) is 17.1 Å². The van der Waals surface area contributed by atoms with Gasteiger partial charge >= 0.3 is 11.9 Å². The van der Waals surface area contributed by atoms with Crippen LogP contribution < -0.4 is 16.1 Å². The predicted molar refractivity (Wildman–Crippen MR) is 157 cm³/mol. The number of nitrogen functional groups attached to an aromatic ring is 1. The molecule has 1 amide bonds. The Morgan fingerprint density at radius 1 is 0.950 bits per heavy atom. The second-order valence-electron chi connectivity index (χ2n) is 8.76. The van der Waals surface area contributed by atoms with E-state index in [2.05, 4.69) is 23.4 Å². The van der Waals surface area contributed by atoms with Crippen LogP contribution in [-0.4, -0.2) is 35.3 Å². The van der Waals surface area contributed by atoms with E-state index >= 15 is 0 Å². The number of para-hydroxylation sites is 2. The van der Waals surface area contributed by atoms with Crippen LogP contribution in [0.15, 0.2) is 89.7 Å². The van der Waals surface area contributed by atoms with Crippen LogP contribution in [-0.2, 0) is 27.2 Å². The molecule has 0 fully saturated rings. The topological polar surface area (TPSA) is 134 Å². The first-order chi connectivity index (χ1) is 19.3. The van der Waals surface area contributed by atoms with E-state index in [4.69, 9.17) is 15.6 Å². The monoisotopic (exact) mass is 542 g/mol. The molecule has 0 saturated heterocycles. The van der Waals surface area contributed by atoms with E-state index < -0.39 is 17.8 Å². The lowest BCUT2D eigenvalue weighted by Crippen LogP contribution is -2.22. The average Bonchev–Trinajstić information content (AvgIpc) is 3.27. The molecule has 0 saturated carbocycles. The van der Waals surface area contributed by atoms with Crippen molar-refractivity contribution < 1.29 is 24.2 Å². The van der Waals surface area contributed by atoms with Gasteiger partial charge in [0.05, 0.1) is 35.6 Å². The van der Waals surface area contributed by atoms with Gasteiger partial charge in [0.15, 0.2) is 0 Å². The summed E-state index contributed by atoms with van der Waals surface area (Å²) in [4.78, 5) is 36.2. The number of hydrogen-bond donors (Lipinski definition) is 3. The number of hydrazone groups is 1. The van der Waals surface area contributed by atoms with Gasteiger partial charge in [-0.15, -0.1) is 0 Å². The molecule has 0 bridgehead atoms. The molecule has 3 aromatic carbocycles. The normalized spacial score (nSPS) is 13.4. The first-order valence-corrected chi connectivity index (χ1v) is 13.1. The quantitative estimate of drug-likeness (QED) is 0.186. The number of esters is 1. The number of nitrogens with zero attached hydrogens (tertiary/aromatic N) is 2. The molecule has 208 valence electrons. The van der Waals surface area contributed by atoms with Crippen LogP contribution >= 0.6 is 0 Å². The molecule has 40 heavy (non-hydrogen) atoms. The number of hydrogen-bond acceptors (Lipinski definition) is 7. The molecule has 0 atom stereocenters. The molecule has 9 nitrogen and oxygen atoms in total. The third kappa shape index (κ3) is 7.57. The number of anilines is 3. The Kier molecular flexibility index (Phi) is 10.6. The van der Waals surface area contributed by atoms with Crippen molar-refractivity contribution in [1.82, 2.24) is 0 Å². The smallest absolute Gasteiger partial charge is 0.335 e. The number of ether oxygens (including phenoxy) is 1. The van der Waals surface area contributed by atoms with E-state index in [0.717, 1.165) is 34.8 Å². The Morgan fingerprint density at radius 3 is 2.15 bits per heavy atom. The molecule has 0 aliphatic carbocycles. The van der Waals surface area contributed by atoms with E-state index in [1.807, 2.05) is 49.4 Å². The maximum Gasteiger partial charge on any atom is 0.335 e. The Labute approximate surface area is 234 Å². The van der Waals surface area contributed by atoms with Crippen molar-refractivity contribution in [3.05, 3.63) is 101 Å². The van der Waals surface area contributed by atoms with Gasteiger partial charge in [0, 0.05) is 17.6 Å². The lowest BCUT2D eigenvalue weighted by atomic mass is 10.1. The zero-order chi connectivity index (χ0) is 29.1. The third-order valence-corrected chi connectivity index (χ3v) is 6.14. The van der Waals surface area contributed by atoms with Gasteiger partial charge in [0.25, 0.3) is 5.91 Å². The molecule has 1 aliphatic rings. The van der Waals surface area contributed by atoms with Crippen molar-refractivity contribution in [2.75, 3.05) is 22.7 Å². The highest BCUT2D eigenvalue weighted by atomic mass is 16.5. The van der Waals surface area contributed by atoms with E-state index in [1.54, 1.807) is 13.1 Å². The number of carboxylic acids is 1. The fourth-order valence-electron chi connectivity index (χ4n) is 3.98. The number of aromatic carboxylic acids is 1. The van der Waals surface area contributed by atoms with Crippen molar-refractivity contribution in [2.45, 2.75) is 40.0 Å². The summed E-state index contributed by atoms with van der Waals surface area (Å²) in [6.07, 6.45) is 3.21. The van der Waals surface area contributed by atoms with Crippen LogP contribution in [0.25, 0.3) is 0 Å². The highest BCUT2D eigenvalue weighted by molar-refractivity contribution is 6.32. The average molecular weight is 543 g/mol. The third-order valence-electron chi connectivity index (χ3n) is 6.14. The maximum absolute atomic E-state index is 13.1. The van der Waals surface area contributed by atoms with Crippen molar-refractivity contribution >= 4 is 40.6 Å². The summed E-state index contributed by atoms with van der Waals surface area (Å²) in [5.74, 6) is -1.98. The zero-order valence-corrected chi connectivity index (χ0v) is 22.9. The van der Waals surface area contributed by atoms with Crippen molar-refractivity contribution in [3.8, 4) is 0 Å². The number of nitrogens with two attached hydrogens (primary N) is 1. The number of amides is 1. The van der Waals surface area contributed by atoms with E-state index in [-0.39, 0.29) is 29.9 Å². The summed E-state index contributed by atoms with van der Waals surface area (Å²) >= 11 is 0. The van der Waals surface area contributed by atoms with E-state index in [0.29, 0.717) is 5.69 Å². The number of nitrogens with one attached hydrogen (secondary N) is 1. The van der Waals surface area contributed by atoms with E-state index in [1.165, 1.54) is 29.8 Å². The largest absolute Gasteiger partial charge is 0.478 e. The van der Waals surface area contributed by atoms with Crippen LogP contribution in [0.2, 0.25) is 0 Å². The highest BCUT2D eigenvalue weighted by Crippen LogP contribution is 2.26. The Morgan fingerprint density at radius 2 is 1.57 bits per heavy atom. The van der Waals surface area contributed by atoms with Crippen molar-refractivity contribution in [1.29, 1.82) is 0 Å². The second-order valence-corrected chi connectivity index (χ2v) is 8.76. The summed E-state index contributed by atoms with van der Waals surface area (Å²) in [6, 6.07) is 21.4. The van der Waals surface area contributed by atoms with Gasteiger partial charge in [0.1, 0.15) is 0 Å². The minimum atomic E-state index is -1.06. The van der Waals surface area contributed by atoms with Gasteiger partial charge in [-0.05, 0) is 67.3 Å². The molecule has 1 aliphatic heterocycles. The minimum absolute atomic E-state index is 0.0970. The standard InChI is InChI=1S/C23H23N3O5.C8H11N/c1-3-15-7-5-6-8-19(15)24-14-18-20(13-21(27)31-4-2)25-26(22(18)28)17-11-9-16(10-12-17)23(29)30;1-2-7-5-3-4-6-8(7)9/h5-12,14,24H,3-4,13H2,1-2H3,(H,29,30);3-6H,2,9H2,1H3/b18-14+;. The molecule has 4 rings (SSSR count). The number of carbonyl (C=O) groups excluding carboxylic acids is 2. The van der Waals surface area contributed by atoms with Gasteiger partial charge in [0.2, 0.25) is 0 Å². The summed E-state index contributed by atoms with van der Waals surface area (Å²) < 4.78 is 5.01. The summed E-state index contributed by atoms with van der Waals surface area (Å²) in [7, 11) is 0. The lowest BCUT2D eigenvalue weighted by molar-refractivity contribution is -0.141. The first kappa shape index (κ1) is 29.6. The van der Waals surface area contributed by atoms with Gasteiger partial charge in [-0.2, -0.15) is 10.1 Å². The molecule has 0 unspecified atom stereocenters. The Balaban J connectivity index is 0.000000415. The SMILES string of the molecule is CCOC(=O)CC1=NN(c2ccc(C(=O)O)cc2)C(=O)/C1=C/Nc1ccccc1CC.CCc1ccccc1N. The van der Waals surface area contributed by atoms with Crippen LogP contribution in [0.5, 0.6) is 0 Å². The van der Waals surface area contributed by atoms with Crippen LogP contribution in [0.3, 0.4) is 0 Å². The van der Waals surface area contributed by atoms with Gasteiger partial charge in [-0.3, -0.25) is 9.59 Å². The second kappa shape index (κ2) is 14.3. The van der Waals surface area contributed by atoms with Crippen molar-refractivity contribution in [2.24, 2.45) is 5.10 Å². The molecular formula is C31H34N4O5. The molecule has 0 aromatic heterocycles. The van der Waals surface area contributed by atoms with Crippen LogP contribution in [0, 0.1) is 0 Å². The fourth-order valence-corrected chi connectivity index (χ4v) is 3.98. The van der Waals surface area contributed by atoms with Gasteiger partial charge in [-0.25, -0.2) is 4.79 Å². The molecule has 4 N–H and O–H groups in total. The Hall–Kier alpha value is -4.92. The van der Waals surface area contributed by atoms with Gasteiger partial charge in [-0.1, -0.05) is 50.2 Å². The minimum Gasteiger partial charge on any atom is -0.478 e. The lowest BCUT2D eigenvalue weighted by Gasteiger charge is -2.12. The molecule has 3 aromatic rings. The fraction of sp³-hybridized carbons (Fsp3) is 0.226. The molecule has 1 heterocycles. The Bertz CT molecular complexity index is 1410. The zero-order valence-electron chi connectivity index (χ0n) is 22.9. The summed E-state index contributed by atoms with van der Waals surface area (Å²) in [6.45, 7) is 6.06. The number of rotatable bonds is 9. The summed E-state index contributed by atoms with van der Waals surface area (Å²) in [5, 5.41) is 17.7. The highest BCUT2D eigenvalue weighted by Gasteiger charge is 2.32. The van der Waals surface area contributed by atoms with Crippen LogP contribution in [0.1, 0.15) is 48.7 Å². The predicted octanol–water partition coefficient (Wildman–Crippen LogP) is 5.43. The number of aryl methyl sites for hydroxylation is 2. The molecular weight excluding hydrogens is 508 g/mol. The number of carboxylic acid groups (broad SMARTS) is 1. The molecule has 0 spiro atoms. The first-order valence-electron chi connectivity index (χ1n) is 13.1. The summed E-state index contributed by atoms with van der Waals surface area (Å²) in [5.41, 5.74) is 10.7. The molecule has 9 heteroatoms. The van der Waals surface area contributed by atoms with Gasteiger partial charge < -0.3 is 20.9 Å². The molecule has 0 radical (unpaired) electrons. The van der Waals surface area contributed by atoms with E-state index in [9.17, 15) is 14.4 Å². The number of carbonyl (C=O) groups is 3. The van der Waals surface area contributed by atoms with Crippen molar-refractivity contribution in [3.63, 3.8) is 0 Å². The number of benzene rings is 3.